The molecule has 3 aromatic rings. The number of hydrogen-bond donors (Lipinski definition) is 2. The number of aromatic nitrogens is 2. The van der Waals surface area contributed by atoms with E-state index in [0.717, 1.165) is 39.5 Å². The molecule has 134 valence electrons. The number of hydrazone groups is 1. The second-order valence-corrected chi connectivity index (χ2v) is 6.72. The molecule has 2 heterocycles. The van der Waals surface area contributed by atoms with Gasteiger partial charge < -0.3 is 9.72 Å². The topological polar surface area (TPSA) is 79.4 Å². The van der Waals surface area contributed by atoms with Crippen LogP contribution in [0.5, 0.6) is 5.75 Å². The minimum absolute atomic E-state index is 0.0557. The summed E-state index contributed by atoms with van der Waals surface area (Å²) in [7, 11) is 1.64. The number of methoxy groups -OCH3 is 1. The van der Waals surface area contributed by atoms with Gasteiger partial charge in [0.2, 0.25) is 5.13 Å². The van der Waals surface area contributed by atoms with Gasteiger partial charge in [-0.05, 0) is 56.2 Å². The van der Waals surface area contributed by atoms with Crippen LogP contribution in [0, 0.1) is 13.8 Å². The maximum Gasteiger partial charge on any atom is 0.203 e. The number of nitrogens with one attached hydrogen (secondary N) is 2. The highest BCUT2D eigenvalue weighted by Crippen LogP contribution is 2.30. The molecule has 7 heteroatoms. The zero-order valence-electron chi connectivity index (χ0n) is 15.1. The number of carbonyl (C=O) groups is 1. The molecule has 0 fully saturated rings. The van der Waals surface area contributed by atoms with Gasteiger partial charge in [0.15, 0.2) is 5.78 Å². The first kappa shape index (κ1) is 17.9. The number of rotatable bonds is 6. The fourth-order valence-electron chi connectivity index (χ4n) is 2.83. The lowest BCUT2D eigenvalue weighted by molar-refractivity contribution is 0.101. The van der Waals surface area contributed by atoms with Crippen LogP contribution in [0.25, 0.3) is 11.4 Å². The first-order chi connectivity index (χ1) is 12.5. The zero-order valence-corrected chi connectivity index (χ0v) is 15.9. The fourth-order valence-corrected chi connectivity index (χ4v) is 3.48. The standard InChI is InChI=1S/C19H20N4O2S/c1-11-17(13(3)24)12(2)21-18(11)16-10-26-19(22-16)23-20-9-14-5-7-15(25-4)8-6-14/h5-10,21H,1-4H3,(H,22,23). The summed E-state index contributed by atoms with van der Waals surface area (Å²) in [6.07, 6.45) is 1.72. The number of carbonyl (C=O) groups excluding carboxylic acids is 1. The van der Waals surface area contributed by atoms with Gasteiger partial charge >= 0.3 is 0 Å². The summed E-state index contributed by atoms with van der Waals surface area (Å²) < 4.78 is 5.13. The SMILES string of the molecule is COc1ccc(C=NNc2nc(-c3[nH]c(C)c(C(C)=O)c3C)cs2)cc1. The van der Waals surface area contributed by atoms with Crippen LogP contribution in [0.3, 0.4) is 0 Å². The molecular weight excluding hydrogens is 348 g/mol. The van der Waals surface area contributed by atoms with Crippen LogP contribution in [0.1, 0.15) is 34.1 Å². The highest BCUT2D eigenvalue weighted by Gasteiger charge is 2.17. The van der Waals surface area contributed by atoms with Gasteiger partial charge in [0, 0.05) is 16.6 Å². The third kappa shape index (κ3) is 3.67. The van der Waals surface area contributed by atoms with E-state index in [1.54, 1.807) is 20.2 Å². The Morgan fingerprint density at radius 1 is 1.31 bits per heavy atom. The number of aryl methyl sites for hydroxylation is 1. The Bertz CT molecular complexity index is 955. The molecule has 1 aromatic carbocycles. The number of H-pyrrole nitrogens is 1. The van der Waals surface area contributed by atoms with E-state index < -0.39 is 0 Å². The second kappa shape index (κ2) is 7.53. The van der Waals surface area contributed by atoms with E-state index >= 15 is 0 Å². The molecule has 0 spiro atoms. The van der Waals surface area contributed by atoms with Crippen molar-refractivity contribution in [1.29, 1.82) is 0 Å². The van der Waals surface area contributed by atoms with Gasteiger partial charge in [-0.3, -0.25) is 10.2 Å². The maximum atomic E-state index is 11.8. The summed E-state index contributed by atoms with van der Waals surface area (Å²) in [6, 6.07) is 7.61. The third-order valence-corrected chi connectivity index (χ3v) is 4.79. The van der Waals surface area contributed by atoms with E-state index in [1.165, 1.54) is 11.3 Å². The number of nitrogens with zero attached hydrogens (tertiary/aromatic N) is 2. The molecule has 0 aliphatic carbocycles. The van der Waals surface area contributed by atoms with Crippen molar-refractivity contribution in [3.63, 3.8) is 0 Å². The maximum absolute atomic E-state index is 11.8. The summed E-state index contributed by atoms with van der Waals surface area (Å²) in [5.41, 5.74) is 8.09. The fraction of sp³-hybridized carbons (Fsp3) is 0.211. The molecule has 26 heavy (non-hydrogen) atoms. The Kier molecular flexibility index (Phi) is 5.18. The lowest BCUT2D eigenvalue weighted by atomic mass is 10.1. The van der Waals surface area contributed by atoms with Crippen LogP contribution >= 0.6 is 11.3 Å². The number of hydrogen-bond acceptors (Lipinski definition) is 6. The van der Waals surface area contributed by atoms with Gasteiger partial charge in [-0.25, -0.2) is 4.98 Å². The lowest BCUT2D eigenvalue weighted by Gasteiger charge is -1.99. The van der Waals surface area contributed by atoms with Crippen LogP contribution in [0.15, 0.2) is 34.7 Å². The molecule has 0 amide bonds. The quantitative estimate of drug-likeness (QED) is 0.384. The molecule has 0 radical (unpaired) electrons. The molecule has 6 nitrogen and oxygen atoms in total. The van der Waals surface area contributed by atoms with Crippen molar-refractivity contribution >= 4 is 28.5 Å². The minimum Gasteiger partial charge on any atom is -0.497 e. The molecule has 0 saturated heterocycles. The number of ether oxygens (including phenoxy) is 1. The van der Waals surface area contributed by atoms with Crippen LogP contribution in [-0.4, -0.2) is 29.1 Å². The number of aromatic amines is 1. The van der Waals surface area contributed by atoms with Crippen LogP contribution in [-0.2, 0) is 0 Å². The van der Waals surface area contributed by atoms with Crippen molar-refractivity contribution in [2.75, 3.05) is 12.5 Å². The number of ketones is 1. The van der Waals surface area contributed by atoms with Crippen molar-refractivity contribution in [2.24, 2.45) is 5.10 Å². The molecule has 0 unspecified atom stereocenters. The number of Topliss-reactive ketones (excluding diaryl/α,β-unsaturated/α-hetero) is 1. The average molecular weight is 368 g/mol. The third-order valence-electron chi connectivity index (χ3n) is 4.04. The molecule has 2 aromatic heterocycles. The summed E-state index contributed by atoms with van der Waals surface area (Å²) in [5, 5.41) is 6.83. The first-order valence-corrected chi connectivity index (χ1v) is 8.96. The first-order valence-electron chi connectivity index (χ1n) is 8.08. The summed E-state index contributed by atoms with van der Waals surface area (Å²) in [4.78, 5) is 19.6. The normalized spacial score (nSPS) is 11.1. The summed E-state index contributed by atoms with van der Waals surface area (Å²) in [5.74, 6) is 0.862. The van der Waals surface area contributed by atoms with Gasteiger partial charge in [0.25, 0.3) is 0 Å². The Labute approximate surface area is 155 Å². The van der Waals surface area contributed by atoms with E-state index in [1.807, 2.05) is 43.5 Å². The van der Waals surface area contributed by atoms with E-state index in [9.17, 15) is 4.79 Å². The molecular formula is C19H20N4O2S. The monoisotopic (exact) mass is 368 g/mol. The Hall–Kier alpha value is -2.93. The molecule has 0 bridgehead atoms. The van der Waals surface area contributed by atoms with Crippen LogP contribution in [0.2, 0.25) is 0 Å². The smallest absolute Gasteiger partial charge is 0.203 e. The highest BCUT2D eigenvalue weighted by molar-refractivity contribution is 7.14. The van der Waals surface area contributed by atoms with Gasteiger partial charge in [0.1, 0.15) is 11.4 Å². The van der Waals surface area contributed by atoms with Crippen LogP contribution in [0.4, 0.5) is 5.13 Å². The Morgan fingerprint density at radius 2 is 2.04 bits per heavy atom. The number of benzene rings is 1. The number of anilines is 1. The summed E-state index contributed by atoms with van der Waals surface area (Å²) >= 11 is 1.46. The van der Waals surface area contributed by atoms with Crippen molar-refractivity contribution in [1.82, 2.24) is 9.97 Å². The molecule has 3 rings (SSSR count). The molecule has 0 saturated carbocycles. The van der Waals surface area contributed by atoms with Gasteiger partial charge in [-0.2, -0.15) is 5.10 Å². The Morgan fingerprint density at radius 3 is 2.65 bits per heavy atom. The van der Waals surface area contributed by atoms with Crippen molar-refractivity contribution in [3.8, 4) is 17.1 Å². The van der Waals surface area contributed by atoms with Gasteiger partial charge in [0.05, 0.1) is 19.0 Å². The van der Waals surface area contributed by atoms with Gasteiger partial charge in [-0.15, -0.1) is 11.3 Å². The van der Waals surface area contributed by atoms with Crippen LogP contribution < -0.4 is 10.2 Å². The zero-order chi connectivity index (χ0) is 18.7. The Balaban J connectivity index is 1.73. The molecule has 2 N–H and O–H groups in total. The number of thiazole rings is 1. The molecule has 0 atom stereocenters. The summed E-state index contributed by atoms with van der Waals surface area (Å²) in [6.45, 7) is 5.41. The lowest BCUT2D eigenvalue weighted by Crippen LogP contribution is -1.95. The van der Waals surface area contributed by atoms with Crippen molar-refractivity contribution < 1.29 is 9.53 Å². The van der Waals surface area contributed by atoms with Crippen molar-refractivity contribution in [3.05, 3.63) is 52.0 Å². The predicted molar refractivity (Wildman–Crippen MR) is 106 cm³/mol. The van der Waals surface area contributed by atoms with E-state index in [2.05, 4.69) is 20.5 Å². The van der Waals surface area contributed by atoms with E-state index in [4.69, 9.17) is 4.74 Å². The van der Waals surface area contributed by atoms with Crippen molar-refractivity contribution in [2.45, 2.75) is 20.8 Å². The van der Waals surface area contributed by atoms with Gasteiger partial charge in [-0.1, -0.05) is 0 Å². The van der Waals surface area contributed by atoms with E-state index in [0.29, 0.717) is 5.13 Å². The predicted octanol–water partition coefficient (Wildman–Crippen LogP) is 4.41. The highest BCUT2D eigenvalue weighted by atomic mass is 32.1. The molecule has 0 aliphatic rings. The minimum atomic E-state index is 0.0557. The molecule has 0 aliphatic heterocycles. The second-order valence-electron chi connectivity index (χ2n) is 5.86. The largest absolute Gasteiger partial charge is 0.497 e. The average Bonchev–Trinajstić information content (AvgIpc) is 3.19. The van der Waals surface area contributed by atoms with E-state index in [-0.39, 0.29) is 5.78 Å².